The fourth-order valence-corrected chi connectivity index (χ4v) is 7.71. The van der Waals surface area contributed by atoms with Gasteiger partial charge < -0.3 is 4.90 Å². The topological polar surface area (TPSA) is 39.7 Å². The van der Waals surface area contributed by atoms with E-state index >= 15 is 8.78 Å². The van der Waals surface area contributed by atoms with Crippen molar-refractivity contribution >= 4 is 17.2 Å². The Morgan fingerprint density at radius 1 is 1.09 bits per heavy atom. The molecule has 0 N–H and O–H groups in total. The van der Waals surface area contributed by atoms with E-state index in [0.717, 1.165) is 45.4 Å². The second-order valence-electron chi connectivity index (χ2n) is 12.0. The summed E-state index contributed by atoms with van der Waals surface area (Å²) in [5, 5.41) is 1.19. The molecule has 0 aromatic carbocycles. The van der Waals surface area contributed by atoms with Crippen molar-refractivity contribution < 1.29 is 13.6 Å². The van der Waals surface area contributed by atoms with E-state index in [0.29, 0.717) is 31.5 Å². The van der Waals surface area contributed by atoms with Crippen LogP contribution >= 0.6 is 11.3 Å². The van der Waals surface area contributed by atoms with Gasteiger partial charge in [-0.2, -0.15) is 0 Å². The summed E-state index contributed by atoms with van der Waals surface area (Å²) in [6.07, 6.45) is 7.54. The van der Waals surface area contributed by atoms with Gasteiger partial charge in [-0.25, -0.2) is 13.8 Å². The molecule has 4 fully saturated rings. The number of carbonyl (C=O) groups is 1. The average Bonchev–Trinajstić information content (AvgIpc) is 3.56. The van der Waals surface area contributed by atoms with Gasteiger partial charge in [0.05, 0.1) is 5.01 Å². The molecule has 0 bridgehead atoms. The maximum Gasteiger partial charge on any atom is 0.252 e. The monoisotopic (exact) mass is 508 g/mol. The van der Waals surface area contributed by atoms with Gasteiger partial charge in [-0.1, -0.05) is 6.92 Å². The van der Waals surface area contributed by atoms with Crippen LogP contribution in [0.5, 0.6) is 0 Å². The zero-order chi connectivity index (χ0) is 24.8. The van der Waals surface area contributed by atoms with E-state index < -0.39 is 11.8 Å². The van der Waals surface area contributed by atoms with E-state index in [1.54, 1.807) is 0 Å². The maximum atomic E-state index is 15.2. The van der Waals surface area contributed by atoms with Gasteiger partial charge >= 0.3 is 0 Å². The molecule has 4 aliphatic rings. The van der Waals surface area contributed by atoms with Crippen molar-refractivity contribution in [3.63, 3.8) is 0 Å². The van der Waals surface area contributed by atoms with Gasteiger partial charge in [0.25, 0.3) is 5.92 Å². The molecule has 8 heteroatoms. The Morgan fingerprint density at radius 3 is 2.40 bits per heavy atom. The third-order valence-corrected chi connectivity index (χ3v) is 10.7. The lowest BCUT2D eigenvalue weighted by atomic mass is 9.77. The van der Waals surface area contributed by atoms with E-state index in [1.165, 1.54) is 22.7 Å². The Hall–Kier alpha value is -1.12. The summed E-state index contributed by atoms with van der Waals surface area (Å²) in [7, 11) is 0. The zero-order valence-corrected chi connectivity index (χ0v) is 22.5. The minimum absolute atomic E-state index is 0.0119. The van der Waals surface area contributed by atoms with Gasteiger partial charge in [0.1, 0.15) is 0 Å². The van der Waals surface area contributed by atoms with Gasteiger partial charge in [-0.15, -0.1) is 11.3 Å². The lowest BCUT2D eigenvalue weighted by Gasteiger charge is -2.47. The van der Waals surface area contributed by atoms with Gasteiger partial charge in [-0.05, 0) is 58.3 Å². The molecule has 2 saturated heterocycles. The van der Waals surface area contributed by atoms with Crippen molar-refractivity contribution in [2.75, 3.05) is 39.3 Å². The van der Waals surface area contributed by atoms with Crippen molar-refractivity contribution in [3.8, 4) is 0 Å². The molecular formula is C27H42F2N4OS. The fourth-order valence-electron chi connectivity index (χ4n) is 6.43. The number of alkyl halides is 2. The van der Waals surface area contributed by atoms with Crippen LogP contribution in [0.25, 0.3) is 0 Å². The smallest absolute Gasteiger partial charge is 0.252 e. The van der Waals surface area contributed by atoms with Crippen LogP contribution in [-0.4, -0.2) is 82.9 Å². The normalized spacial score (nSPS) is 30.1. The van der Waals surface area contributed by atoms with Crippen molar-refractivity contribution in [2.24, 2.45) is 5.92 Å². The van der Waals surface area contributed by atoms with Gasteiger partial charge in [0, 0.05) is 86.6 Å². The second-order valence-corrected chi connectivity index (χ2v) is 13.0. The number of piperidine rings is 1. The van der Waals surface area contributed by atoms with Crippen molar-refractivity contribution in [1.29, 1.82) is 0 Å². The Kier molecular flexibility index (Phi) is 7.27. The number of halogens is 2. The predicted molar refractivity (Wildman–Crippen MR) is 136 cm³/mol. The lowest BCUT2D eigenvalue weighted by molar-refractivity contribution is -0.151. The molecule has 0 radical (unpaired) electrons. The summed E-state index contributed by atoms with van der Waals surface area (Å²) < 4.78 is 30.4. The number of hydrogen-bond donors (Lipinski definition) is 0. The molecular weight excluding hydrogens is 466 g/mol. The van der Waals surface area contributed by atoms with Crippen molar-refractivity contribution in [3.05, 3.63) is 16.1 Å². The van der Waals surface area contributed by atoms with E-state index in [2.05, 4.69) is 30.6 Å². The molecule has 1 amide bonds. The van der Waals surface area contributed by atoms with Crippen LogP contribution in [0.1, 0.15) is 87.9 Å². The molecule has 3 heterocycles. The standard InChI is InChI=1S/C27H42F2N4OS/c1-19(2)31-13-15-32(16-14-31)22-5-4-8-27(28,29)21(22)17-24(34)33-11-9-26(3,10-12-33)25-30-18-23(35-25)20-6-7-20/h18-22H,4-17H2,1-3H3/t21?,22-/m0/s1. The van der Waals surface area contributed by atoms with E-state index in [9.17, 15) is 4.79 Å². The number of hydrogen-bond acceptors (Lipinski definition) is 5. The van der Waals surface area contributed by atoms with Crippen LogP contribution in [0.15, 0.2) is 6.20 Å². The Bertz CT molecular complexity index is 885. The second kappa shape index (κ2) is 9.97. The van der Waals surface area contributed by atoms with Crippen LogP contribution in [0.3, 0.4) is 0 Å². The number of likely N-dealkylation sites (tertiary alicyclic amines) is 1. The van der Waals surface area contributed by atoms with Crippen LogP contribution in [0, 0.1) is 5.92 Å². The summed E-state index contributed by atoms with van der Waals surface area (Å²) >= 11 is 1.84. The van der Waals surface area contributed by atoms with Gasteiger partial charge in [-0.3, -0.25) is 14.6 Å². The number of carbonyl (C=O) groups excluding carboxylic acids is 1. The van der Waals surface area contributed by atoms with E-state index in [1.807, 2.05) is 22.4 Å². The van der Waals surface area contributed by atoms with Crippen LogP contribution in [0.4, 0.5) is 8.78 Å². The molecule has 1 aromatic heterocycles. The number of rotatable bonds is 6. The third kappa shape index (κ3) is 5.45. The van der Waals surface area contributed by atoms with Gasteiger partial charge in [0.2, 0.25) is 5.91 Å². The summed E-state index contributed by atoms with van der Waals surface area (Å²) in [6.45, 7) is 11.4. The molecule has 0 spiro atoms. The highest BCUT2D eigenvalue weighted by Crippen LogP contribution is 2.46. The van der Waals surface area contributed by atoms with Crippen molar-refractivity contribution in [1.82, 2.24) is 19.7 Å². The molecule has 1 aromatic rings. The third-order valence-electron chi connectivity index (χ3n) is 9.20. The lowest BCUT2D eigenvalue weighted by Crippen LogP contribution is -2.58. The average molecular weight is 509 g/mol. The first kappa shape index (κ1) is 25.5. The first-order valence-corrected chi connectivity index (χ1v) is 14.6. The summed E-state index contributed by atoms with van der Waals surface area (Å²) in [4.78, 5) is 26.0. The minimum Gasteiger partial charge on any atom is -0.343 e. The highest BCUT2D eigenvalue weighted by Gasteiger charge is 2.50. The molecule has 5 rings (SSSR count). The van der Waals surface area contributed by atoms with Crippen LogP contribution in [-0.2, 0) is 10.2 Å². The summed E-state index contributed by atoms with van der Waals surface area (Å²) in [5.74, 6) is -3.01. The van der Waals surface area contributed by atoms with Gasteiger partial charge in [0.15, 0.2) is 0 Å². The van der Waals surface area contributed by atoms with E-state index in [-0.39, 0.29) is 30.2 Å². The van der Waals surface area contributed by atoms with E-state index in [4.69, 9.17) is 4.98 Å². The largest absolute Gasteiger partial charge is 0.343 e. The minimum atomic E-state index is -2.77. The summed E-state index contributed by atoms with van der Waals surface area (Å²) in [6, 6.07) is 0.292. The molecule has 2 saturated carbocycles. The SMILES string of the molecule is CC(C)N1CCN([C@H]2CCCC(F)(F)C2CC(=O)N2CCC(C)(c3ncc(C4CC4)s3)CC2)CC1. The Balaban J connectivity index is 1.20. The molecule has 2 aliphatic carbocycles. The molecule has 2 aliphatic heterocycles. The zero-order valence-electron chi connectivity index (χ0n) is 21.6. The first-order valence-electron chi connectivity index (χ1n) is 13.8. The highest BCUT2D eigenvalue weighted by atomic mass is 32.1. The highest BCUT2D eigenvalue weighted by molar-refractivity contribution is 7.11. The molecule has 1 unspecified atom stereocenters. The maximum absolute atomic E-state index is 15.2. The number of thiazole rings is 1. The number of nitrogens with zero attached hydrogens (tertiary/aromatic N) is 4. The predicted octanol–water partition coefficient (Wildman–Crippen LogP) is 5.12. The van der Waals surface area contributed by atoms with Crippen molar-refractivity contribution in [2.45, 2.75) is 101 Å². The molecule has 2 atom stereocenters. The fraction of sp³-hybridized carbons (Fsp3) is 0.852. The molecule has 5 nitrogen and oxygen atoms in total. The number of piperazine rings is 1. The number of amides is 1. The first-order chi connectivity index (χ1) is 16.7. The van der Waals surface area contributed by atoms with Crippen LogP contribution < -0.4 is 0 Å². The Labute approximate surface area is 213 Å². The summed E-state index contributed by atoms with van der Waals surface area (Å²) in [5.41, 5.74) is -0.0119. The molecule has 35 heavy (non-hydrogen) atoms. The number of aromatic nitrogens is 1. The van der Waals surface area contributed by atoms with Crippen LogP contribution in [0.2, 0.25) is 0 Å². The quantitative estimate of drug-likeness (QED) is 0.535. The Morgan fingerprint density at radius 2 is 1.77 bits per heavy atom. The molecule has 196 valence electrons.